The maximum atomic E-state index is 5.67. The van der Waals surface area contributed by atoms with Gasteiger partial charge in [0.2, 0.25) is 0 Å². The number of rotatable bonds is 9. The number of nitrogens with zero attached hydrogens (tertiary/aromatic N) is 1. The zero-order valence-electron chi connectivity index (χ0n) is 16.5. The van der Waals surface area contributed by atoms with E-state index in [1.165, 1.54) is 5.56 Å². The van der Waals surface area contributed by atoms with E-state index in [0.29, 0.717) is 13.2 Å². The van der Waals surface area contributed by atoms with Crippen LogP contribution in [0.25, 0.3) is 0 Å². The second-order valence-corrected chi connectivity index (χ2v) is 5.82. The molecule has 0 aliphatic rings. The summed E-state index contributed by atoms with van der Waals surface area (Å²) >= 11 is 0. The molecule has 0 spiro atoms. The standard InChI is InChI=1S/C21H29N3O3/c1-5-27-19-9-7-6-8-16(19)12-13-23-21(22-2)24-15-17-10-11-18(25-3)14-20(17)26-4/h6-11,14H,5,12-13,15H2,1-4H3,(H2,22,23,24). The Labute approximate surface area is 161 Å². The first-order chi connectivity index (χ1) is 13.2. The first-order valence-corrected chi connectivity index (χ1v) is 9.08. The van der Waals surface area contributed by atoms with E-state index in [0.717, 1.165) is 41.7 Å². The molecule has 2 aromatic carbocycles. The molecule has 0 aromatic heterocycles. The van der Waals surface area contributed by atoms with Crippen molar-refractivity contribution in [3.63, 3.8) is 0 Å². The second-order valence-electron chi connectivity index (χ2n) is 5.82. The van der Waals surface area contributed by atoms with Gasteiger partial charge in [-0.05, 0) is 37.1 Å². The number of para-hydroxylation sites is 1. The van der Waals surface area contributed by atoms with Crippen LogP contribution in [0.5, 0.6) is 17.2 Å². The third-order valence-corrected chi connectivity index (χ3v) is 4.12. The first kappa shape index (κ1) is 20.4. The van der Waals surface area contributed by atoms with Gasteiger partial charge in [-0.2, -0.15) is 0 Å². The second kappa shape index (κ2) is 11.0. The van der Waals surface area contributed by atoms with Crippen LogP contribution in [-0.2, 0) is 13.0 Å². The Hall–Kier alpha value is -2.89. The lowest BCUT2D eigenvalue weighted by atomic mass is 10.1. The summed E-state index contributed by atoms with van der Waals surface area (Å²) in [6, 6.07) is 13.9. The molecular weight excluding hydrogens is 342 g/mol. The van der Waals surface area contributed by atoms with E-state index >= 15 is 0 Å². The SMILES string of the molecule is CCOc1ccccc1CCNC(=NC)NCc1ccc(OC)cc1OC. The quantitative estimate of drug-likeness (QED) is 0.524. The fraction of sp³-hybridized carbons (Fsp3) is 0.381. The van der Waals surface area contributed by atoms with Gasteiger partial charge in [-0.3, -0.25) is 4.99 Å². The van der Waals surface area contributed by atoms with Gasteiger partial charge in [0.25, 0.3) is 0 Å². The number of benzene rings is 2. The van der Waals surface area contributed by atoms with Crippen LogP contribution >= 0.6 is 0 Å². The molecule has 6 heteroatoms. The highest BCUT2D eigenvalue weighted by molar-refractivity contribution is 5.79. The third kappa shape index (κ3) is 6.09. The van der Waals surface area contributed by atoms with Crippen LogP contribution in [0.3, 0.4) is 0 Å². The molecule has 0 fully saturated rings. The van der Waals surface area contributed by atoms with Crippen molar-refractivity contribution in [2.75, 3.05) is 34.4 Å². The fourth-order valence-electron chi connectivity index (χ4n) is 2.72. The van der Waals surface area contributed by atoms with Crippen molar-refractivity contribution in [2.24, 2.45) is 4.99 Å². The average Bonchev–Trinajstić information content (AvgIpc) is 2.71. The van der Waals surface area contributed by atoms with Crippen molar-refractivity contribution in [3.05, 3.63) is 53.6 Å². The highest BCUT2D eigenvalue weighted by atomic mass is 16.5. The monoisotopic (exact) mass is 371 g/mol. The Morgan fingerprint density at radius 1 is 0.963 bits per heavy atom. The number of methoxy groups -OCH3 is 2. The summed E-state index contributed by atoms with van der Waals surface area (Å²) in [5, 5.41) is 6.65. The summed E-state index contributed by atoms with van der Waals surface area (Å²) in [6.07, 6.45) is 0.850. The molecule has 0 amide bonds. The number of hydrogen-bond donors (Lipinski definition) is 2. The lowest BCUT2D eigenvalue weighted by Gasteiger charge is -2.15. The van der Waals surface area contributed by atoms with Gasteiger partial charge in [0.1, 0.15) is 17.2 Å². The summed E-state index contributed by atoms with van der Waals surface area (Å²) in [6.45, 7) is 4.01. The Morgan fingerprint density at radius 3 is 2.48 bits per heavy atom. The predicted molar refractivity (Wildman–Crippen MR) is 109 cm³/mol. The molecule has 2 aromatic rings. The minimum Gasteiger partial charge on any atom is -0.497 e. The van der Waals surface area contributed by atoms with Crippen LogP contribution in [-0.4, -0.2) is 40.4 Å². The minimum atomic E-state index is 0.600. The Kier molecular flexibility index (Phi) is 8.29. The van der Waals surface area contributed by atoms with Crippen molar-refractivity contribution in [1.29, 1.82) is 0 Å². The van der Waals surface area contributed by atoms with Crippen LogP contribution in [0.4, 0.5) is 0 Å². The maximum Gasteiger partial charge on any atom is 0.191 e. The molecule has 0 saturated heterocycles. The van der Waals surface area contributed by atoms with E-state index in [1.54, 1.807) is 21.3 Å². The lowest BCUT2D eigenvalue weighted by molar-refractivity contribution is 0.336. The molecular formula is C21H29N3O3. The van der Waals surface area contributed by atoms with E-state index < -0.39 is 0 Å². The topological polar surface area (TPSA) is 64.1 Å². The normalized spacial score (nSPS) is 11.0. The molecule has 0 aliphatic heterocycles. The van der Waals surface area contributed by atoms with Crippen LogP contribution < -0.4 is 24.8 Å². The maximum absolute atomic E-state index is 5.67. The van der Waals surface area contributed by atoms with E-state index in [1.807, 2.05) is 43.3 Å². The molecule has 6 nitrogen and oxygen atoms in total. The van der Waals surface area contributed by atoms with Crippen LogP contribution in [0.15, 0.2) is 47.5 Å². The largest absolute Gasteiger partial charge is 0.497 e. The van der Waals surface area contributed by atoms with Crippen LogP contribution in [0, 0.1) is 0 Å². The van der Waals surface area contributed by atoms with Gasteiger partial charge >= 0.3 is 0 Å². The predicted octanol–water partition coefficient (Wildman–Crippen LogP) is 3.01. The average molecular weight is 371 g/mol. The smallest absolute Gasteiger partial charge is 0.191 e. The third-order valence-electron chi connectivity index (χ3n) is 4.12. The van der Waals surface area contributed by atoms with Crippen molar-refractivity contribution in [2.45, 2.75) is 19.9 Å². The fourth-order valence-corrected chi connectivity index (χ4v) is 2.72. The Balaban J connectivity index is 1.88. The van der Waals surface area contributed by atoms with Gasteiger partial charge in [-0.25, -0.2) is 0 Å². The molecule has 146 valence electrons. The molecule has 2 rings (SSSR count). The van der Waals surface area contributed by atoms with Gasteiger partial charge in [-0.1, -0.05) is 18.2 Å². The summed E-state index contributed by atoms with van der Waals surface area (Å²) in [7, 11) is 5.05. The van der Waals surface area contributed by atoms with Crippen molar-refractivity contribution in [3.8, 4) is 17.2 Å². The number of nitrogens with one attached hydrogen (secondary N) is 2. The molecule has 0 saturated carbocycles. The van der Waals surface area contributed by atoms with Gasteiger partial charge in [0, 0.05) is 31.8 Å². The number of ether oxygens (including phenoxy) is 3. The number of guanidine groups is 1. The lowest BCUT2D eigenvalue weighted by Crippen LogP contribution is -2.37. The molecule has 0 aliphatic carbocycles. The minimum absolute atomic E-state index is 0.600. The number of hydrogen-bond acceptors (Lipinski definition) is 4. The van der Waals surface area contributed by atoms with E-state index in [2.05, 4.69) is 21.7 Å². The van der Waals surface area contributed by atoms with Crippen molar-refractivity contribution in [1.82, 2.24) is 10.6 Å². The zero-order chi connectivity index (χ0) is 19.5. The highest BCUT2D eigenvalue weighted by Crippen LogP contribution is 2.24. The molecule has 0 bridgehead atoms. The number of aliphatic imine (C=N–C) groups is 1. The highest BCUT2D eigenvalue weighted by Gasteiger charge is 2.07. The van der Waals surface area contributed by atoms with Gasteiger partial charge < -0.3 is 24.8 Å². The molecule has 27 heavy (non-hydrogen) atoms. The summed E-state index contributed by atoms with van der Waals surface area (Å²) in [4.78, 5) is 4.28. The first-order valence-electron chi connectivity index (χ1n) is 9.08. The van der Waals surface area contributed by atoms with Gasteiger partial charge in [0.05, 0.1) is 20.8 Å². The summed E-state index contributed by atoms with van der Waals surface area (Å²) < 4.78 is 16.3. The molecule has 0 heterocycles. The van der Waals surface area contributed by atoms with Crippen molar-refractivity contribution >= 4 is 5.96 Å². The molecule has 2 N–H and O–H groups in total. The zero-order valence-corrected chi connectivity index (χ0v) is 16.5. The van der Waals surface area contributed by atoms with E-state index in [4.69, 9.17) is 14.2 Å². The van der Waals surface area contributed by atoms with Gasteiger partial charge in [-0.15, -0.1) is 0 Å². The molecule has 0 radical (unpaired) electrons. The Morgan fingerprint density at radius 2 is 1.78 bits per heavy atom. The Bertz CT molecular complexity index is 747. The summed E-state index contributed by atoms with van der Waals surface area (Å²) in [5.74, 6) is 3.23. The van der Waals surface area contributed by atoms with Crippen LogP contribution in [0.1, 0.15) is 18.1 Å². The molecule has 0 atom stereocenters. The van der Waals surface area contributed by atoms with E-state index in [-0.39, 0.29) is 0 Å². The van der Waals surface area contributed by atoms with Gasteiger partial charge in [0.15, 0.2) is 5.96 Å². The van der Waals surface area contributed by atoms with Crippen LogP contribution in [0.2, 0.25) is 0 Å². The van der Waals surface area contributed by atoms with E-state index in [9.17, 15) is 0 Å². The van der Waals surface area contributed by atoms with Crippen molar-refractivity contribution < 1.29 is 14.2 Å². The molecule has 0 unspecified atom stereocenters. The summed E-state index contributed by atoms with van der Waals surface area (Å²) in [5.41, 5.74) is 2.21.